The van der Waals surface area contributed by atoms with Gasteiger partial charge in [0.15, 0.2) is 0 Å². The number of benzene rings is 1. The second kappa shape index (κ2) is 8.60. The Morgan fingerprint density at radius 1 is 1.13 bits per heavy atom. The van der Waals surface area contributed by atoms with Crippen LogP contribution in [0.25, 0.3) is 33.3 Å². The van der Waals surface area contributed by atoms with Gasteiger partial charge in [0.1, 0.15) is 17.0 Å². The van der Waals surface area contributed by atoms with Gasteiger partial charge >= 0.3 is 5.97 Å². The lowest BCUT2D eigenvalue weighted by Crippen LogP contribution is -2.24. The molecule has 0 spiro atoms. The molecule has 2 saturated heterocycles. The van der Waals surface area contributed by atoms with E-state index in [0.29, 0.717) is 42.7 Å². The van der Waals surface area contributed by atoms with Crippen molar-refractivity contribution in [3.8, 4) is 22.3 Å². The number of halogens is 1. The van der Waals surface area contributed by atoms with Gasteiger partial charge in [0.25, 0.3) is 0 Å². The summed E-state index contributed by atoms with van der Waals surface area (Å²) in [6.07, 6.45) is 5.36. The molecule has 2 unspecified atom stereocenters. The minimum Gasteiger partial charge on any atom is -0.477 e. The van der Waals surface area contributed by atoms with Crippen LogP contribution in [0.3, 0.4) is 0 Å². The molecule has 0 bridgehead atoms. The molecular weight excluding hydrogens is 501 g/mol. The fraction of sp³-hybridized carbons (Fsp3) is 0.310. The van der Waals surface area contributed by atoms with Gasteiger partial charge in [-0.1, -0.05) is 0 Å². The van der Waals surface area contributed by atoms with Gasteiger partial charge < -0.3 is 24.6 Å². The highest BCUT2D eigenvalue weighted by Crippen LogP contribution is 2.50. The van der Waals surface area contributed by atoms with E-state index >= 15 is 0 Å². The van der Waals surface area contributed by atoms with Crippen molar-refractivity contribution in [2.75, 3.05) is 43.6 Å². The molecule has 4 aromatic rings. The lowest BCUT2D eigenvalue weighted by molar-refractivity contribution is 0.0695. The summed E-state index contributed by atoms with van der Waals surface area (Å²) in [5, 5.41) is 12.9. The number of aromatic nitrogens is 3. The zero-order chi connectivity index (χ0) is 27.0. The lowest BCUT2D eigenvalue weighted by Gasteiger charge is -2.26. The fourth-order valence-corrected chi connectivity index (χ4v) is 6.47. The van der Waals surface area contributed by atoms with E-state index in [1.807, 2.05) is 0 Å². The largest absolute Gasteiger partial charge is 0.477 e. The Hall–Kier alpha value is -4.31. The van der Waals surface area contributed by atoms with Crippen LogP contribution in [0.5, 0.6) is 0 Å². The summed E-state index contributed by atoms with van der Waals surface area (Å²) in [6.45, 7) is 3.02. The van der Waals surface area contributed by atoms with Crippen LogP contribution in [0.1, 0.15) is 21.6 Å². The summed E-state index contributed by atoms with van der Waals surface area (Å²) in [5.74, 6) is -0.801. The quantitative estimate of drug-likeness (QED) is 0.365. The molecule has 0 radical (unpaired) electrons. The SMILES string of the molecule is CNc1cc(F)cc2c1Cc1ncc(-c3cnc4c(c3)c(=O)c(C(=O)O)cn4C)c(N3CC4COCC4C3)c1-2. The van der Waals surface area contributed by atoms with E-state index in [1.165, 1.54) is 12.3 Å². The predicted molar refractivity (Wildman–Crippen MR) is 145 cm³/mol. The number of hydrogen-bond donors (Lipinski definition) is 2. The maximum Gasteiger partial charge on any atom is 0.341 e. The zero-order valence-electron chi connectivity index (χ0n) is 21.5. The van der Waals surface area contributed by atoms with Gasteiger partial charge in [0.05, 0.1) is 30.0 Å². The normalized spacial score (nSPS) is 19.3. The summed E-state index contributed by atoms with van der Waals surface area (Å²) >= 11 is 0. The summed E-state index contributed by atoms with van der Waals surface area (Å²) in [5.41, 5.74) is 6.17. The highest BCUT2D eigenvalue weighted by molar-refractivity contribution is 5.98. The minimum atomic E-state index is -1.28. The van der Waals surface area contributed by atoms with E-state index in [-0.39, 0.29) is 16.8 Å². The molecule has 2 N–H and O–H groups in total. The first-order valence-electron chi connectivity index (χ1n) is 12.9. The van der Waals surface area contributed by atoms with Gasteiger partial charge in [-0.05, 0) is 29.3 Å². The summed E-state index contributed by atoms with van der Waals surface area (Å²) in [7, 11) is 3.45. The number of carboxylic acid groups (broad SMARTS) is 1. The van der Waals surface area contributed by atoms with Crippen molar-refractivity contribution in [3.05, 3.63) is 69.7 Å². The summed E-state index contributed by atoms with van der Waals surface area (Å²) in [6, 6.07) is 4.78. The van der Waals surface area contributed by atoms with Crippen LogP contribution in [-0.2, 0) is 18.2 Å². The zero-order valence-corrected chi connectivity index (χ0v) is 21.5. The Morgan fingerprint density at radius 3 is 2.62 bits per heavy atom. The Balaban J connectivity index is 1.48. The van der Waals surface area contributed by atoms with Crippen LogP contribution in [0.15, 0.2) is 41.6 Å². The number of hydrogen-bond acceptors (Lipinski definition) is 7. The van der Waals surface area contributed by atoms with E-state index in [4.69, 9.17) is 9.72 Å². The highest BCUT2D eigenvalue weighted by atomic mass is 19.1. The second-order valence-electron chi connectivity index (χ2n) is 10.6. The standard InChI is InChI=1S/C29H26FN5O4/c1-31-23-5-17(30)4-19-18(23)6-24-25(19)26(35-9-15-12-39-13-16(15)10-35)21(8-32-24)14-3-20-27(36)22(29(37)38)11-34(2)28(20)33-7-14/h3-5,7-8,11,15-16,31H,6,9-10,12-13H2,1-2H3,(H,37,38). The number of nitrogens with one attached hydrogen (secondary N) is 1. The van der Waals surface area contributed by atoms with Crippen molar-refractivity contribution in [2.45, 2.75) is 6.42 Å². The molecule has 3 aliphatic rings. The molecule has 1 aromatic carbocycles. The van der Waals surface area contributed by atoms with E-state index in [2.05, 4.69) is 15.2 Å². The number of ether oxygens (including phenoxy) is 1. The molecule has 39 heavy (non-hydrogen) atoms. The molecule has 2 atom stereocenters. The van der Waals surface area contributed by atoms with E-state index in [9.17, 15) is 19.1 Å². The van der Waals surface area contributed by atoms with E-state index in [0.717, 1.165) is 52.4 Å². The van der Waals surface area contributed by atoms with Gasteiger partial charge in [-0.25, -0.2) is 14.2 Å². The first-order chi connectivity index (χ1) is 18.8. The number of carbonyl (C=O) groups is 1. The number of pyridine rings is 3. The van der Waals surface area contributed by atoms with Gasteiger partial charge in [-0.15, -0.1) is 0 Å². The first-order valence-corrected chi connectivity index (χ1v) is 12.9. The molecule has 0 saturated carbocycles. The number of rotatable bonds is 4. The van der Waals surface area contributed by atoms with Crippen molar-refractivity contribution in [1.82, 2.24) is 14.5 Å². The third-order valence-corrected chi connectivity index (χ3v) is 8.34. The second-order valence-corrected chi connectivity index (χ2v) is 10.6. The van der Waals surface area contributed by atoms with Crippen LogP contribution in [-0.4, -0.2) is 59.0 Å². The van der Waals surface area contributed by atoms with Crippen LogP contribution < -0.4 is 15.6 Å². The molecule has 9 nitrogen and oxygen atoms in total. The molecule has 5 heterocycles. The third-order valence-electron chi connectivity index (χ3n) is 8.34. The number of fused-ring (bicyclic) bond motifs is 5. The third kappa shape index (κ3) is 3.55. The Bertz CT molecular complexity index is 1760. The van der Waals surface area contributed by atoms with Crippen LogP contribution in [0.4, 0.5) is 15.8 Å². The van der Waals surface area contributed by atoms with Crippen molar-refractivity contribution in [3.63, 3.8) is 0 Å². The smallest absolute Gasteiger partial charge is 0.341 e. The molecule has 2 fully saturated rings. The average Bonchev–Trinajstić information content (AvgIpc) is 3.63. The average molecular weight is 528 g/mol. The first kappa shape index (κ1) is 23.8. The molecule has 1 aliphatic carbocycles. The molecular formula is C29H26FN5O4. The number of aryl methyl sites for hydroxylation is 1. The van der Waals surface area contributed by atoms with Crippen molar-refractivity contribution < 1.29 is 19.0 Å². The van der Waals surface area contributed by atoms with E-state index in [1.54, 1.807) is 43.2 Å². The lowest BCUT2D eigenvalue weighted by atomic mass is 9.97. The number of aromatic carboxylic acids is 1. The van der Waals surface area contributed by atoms with Gasteiger partial charge in [0, 0.05) is 86.4 Å². The molecule has 10 heteroatoms. The fourth-order valence-electron chi connectivity index (χ4n) is 6.47. The molecule has 2 aliphatic heterocycles. The maximum absolute atomic E-state index is 14.8. The van der Waals surface area contributed by atoms with Crippen molar-refractivity contribution >= 4 is 28.4 Å². The topological polar surface area (TPSA) is 110 Å². The van der Waals surface area contributed by atoms with E-state index < -0.39 is 11.4 Å². The minimum absolute atomic E-state index is 0.219. The van der Waals surface area contributed by atoms with Crippen LogP contribution in [0.2, 0.25) is 0 Å². The predicted octanol–water partition coefficient (Wildman–Crippen LogP) is 3.53. The molecule has 198 valence electrons. The number of nitrogens with zero attached hydrogens (tertiary/aromatic N) is 4. The summed E-state index contributed by atoms with van der Waals surface area (Å²) in [4.78, 5) is 36.6. The van der Waals surface area contributed by atoms with Crippen molar-refractivity contribution in [2.24, 2.45) is 18.9 Å². The van der Waals surface area contributed by atoms with Crippen molar-refractivity contribution in [1.29, 1.82) is 0 Å². The van der Waals surface area contributed by atoms with Gasteiger partial charge in [0.2, 0.25) is 5.43 Å². The Labute approximate surface area is 222 Å². The highest BCUT2D eigenvalue weighted by Gasteiger charge is 2.40. The van der Waals surface area contributed by atoms with Gasteiger partial charge in [-0.3, -0.25) is 9.78 Å². The molecule has 0 amide bonds. The van der Waals surface area contributed by atoms with Crippen LogP contribution in [0, 0.1) is 17.7 Å². The number of anilines is 2. The monoisotopic (exact) mass is 527 g/mol. The Morgan fingerprint density at radius 2 is 1.90 bits per heavy atom. The van der Waals surface area contributed by atoms with Crippen LogP contribution >= 0.6 is 0 Å². The summed E-state index contributed by atoms with van der Waals surface area (Å²) < 4.78 is 22.1. The number of carboxylic acids is 1. The molecule has 3 aromatic heterocycles. The van der Waals surface area contributed by atoms with Gasteiger partial charge in [-0.2, -0.15) is 0 Å². The Kier molecular flexibility index (Phi) is 5.25. The molecule has 7 rings (SSSR count). The maximum atomic E-state index is 14.8.